The maximum atomic E-state index is 12.4. The summed E-state index contributed by atoms with van der Waals surface area (Å²) < 4.78 is 37.1. The van der Waals surface area contributed by atoms with E-state index in [0.29, 0.717) is 5.69 Å². The number of thioether (sulfide) groups is 1. The van der Waals surface area contributed by atoms with Crippen LogP contribution in [0.15, 0.2) is 29.2 Å². The summed E-state index contributed by atoms with van der Waals surface area (Å²) in [6.45, 7) is -0.683. The topological polar surface area (TPSA) is 49.3 Å². The van der Waals surface area contributed by atoms with E-state index in [1.54, 1.807) is 24.3 Å². The van der Waals surface area contributed by atoms with Crippen LogP contribution in [-0.2, 0) is 4.79 Å². The Labute approximate surface area is 106 Å². The van der Waals surface area contributed by atoms with Crippen LogP contribution in [0.5, 0.6) is 0 Å². The van der Waals surface area contributed by atoms with Gasteiger partial charge in [-0.05, 0) is 30.5 Å². The van der Waals surface area contributed by atoms with Gasteiger partial charge >= 0.3 is 12.1 Å². The van der Waals surface area contributed by atoms with E-state index in [-0.39, 0.29) is 0 Å². The molecule has 0 bridgehead atoms. The van der Waals surface area contributed by atoms with Crippen LogP contribution < -0.4 is 5.32 Å². The average molecular weight is 279 g/mol. The Bertz CT molecular complexity index is 406. The number of nitrogens with one attached hydrogen (secondary N) is 1. The number of halogens is 3. The third-order valence-corrected chi connectivity index (χ3v) is 3.04. The lowest BCUT2D eigenvalue weighted by Crippen LogP contribution is -2.36. The number of anilines is 1. The highest BCUT2D eigenvalue weighted by atomic mass is 32.2. The number of hydrogen-bond donors (Lipinski definition) is 2. The molecule has 0 fully saturated rings. The molecule has 2 N–H and O–H groups in total. The van der Waals surface area contributed by atoms with Crippen LogP contribution in [0.1, 0.15) is 0 Å². The number of rotatable bonds is 5. The molecule has 100 valence electrons. The van der Waals surface area contributed by atoms with E-state index in [4.69, 9.17) is 5.11 Å². The SMILES string of the molecule is CSc1ccc(NCC(C(=O)O)C(F)(F)F)cc1. The van der Waals surface area contributed by atoms with Gasteiger partial charge in [-0.1, -0.05) is 0 Å². The van der Waals surface area contributed by atoms with E-state index < -0.39 is 24.6 Å². The van der Waals surface area contributed by atoms with Gasteiger partial charge in [0, 0.05) is 17.1 Å². The van der Waals surface area contributed by atoms with Gasteiger partial charge in [-0.3, -0.25) is 4.79 Å². The first-order chi connectivity index (χ1) is 8.34. The highest BCUT2D eigenvalue weighted by Gasteiger charge is 2.44. The van der Waals surface area contributed by atoms with E-state index in [9.17, 15) is 18.0 Å². The average Bonchev–Trinajstić information content (AvgIpc) is 2.28. The minimum absolute atomic E-state index is 0.461. The molecule has 0 aliphatic carbocycles. The molecule has 18 heavy (non-hydrogen) atoms. The van der Waals surface area contributed by atoms with Crippen molar-refractivity contribution in [3.63, 3.8) is 0 Å². The van der Waals surface area contributed by atoms with E-state index >= 15 is 0 Å². The maximum absolute atomic E-state index is 12.4. The van der Waals surface area contributed by atoms with Crippen molar-refractivity contribution < 1.29 is 23.1 Å². The monoisotopic (exact) mass is 279 g/mol. The lowest BCUT2D eigenvalue weighted by molar-refractivity contribution is -0.190. The van der Waals surface area contributed by atoms with Gasteiger partial charge in [-0.25, -0.2) is 0 Å². The molecule has 1 aromatic carbocycles. The normalized spacial score (nSPS) is 13.1. The largest absolute Gasteiger partial charge is 0.481 e. The van der Waals surface area contributed by atoms with Crippen molar-refractivity contribution in [3.05, 3.63) is 24.3 Å². The smallest absolute Gasteiger partial charge is 0.403 e. The summed E-state index contributed by atoms with van der Waals surface area (Å²) in [4.78, 5) is 11.5. The lowest BCUT2D eigenvalue weighted by atomic mass is 10.1. The molecule has 0 aliphatic rings. The molecule has 1 unspecified atom stereocenters. The Morgan fingerprint density at radius 1 is 1.39 bits per heavy atom. The second-order valence-corrected chi connectivity index (χ2v) is 4.42. The van der Waals surface area contributed by atoms with Gasteiger partial charge in [0.05, 0.1) is 0 Å². The molecule has 0 radical (unpaired) electrons. The Morgan fingerprint density at radius 3 is 2.33 bits per heavy atom. The van der Waals surface area contributed by atoms with Crippen LogP contribution in [-0.4, -0.2) is 30.1 Å². The van der Waals surface area contributed by atoms with E-state index in [1.807, 2.05) is 6.26 Å². The molecule has 0 heterocycles. The highest BCUT2D eigenvalue weighted by molar-refractivity contribution is 7.98. The summed E-state index contributed by atoms with van der Waals surface area (Å²) in [7, 11) is 0. The number of carboxylic acid groups (broad SMARTS) is 1. The maximum Gasteiger partial charge on any atom is 0.403 e. The summed E-state index contributed by atoms with van der Waals surface area (Å²) in [6.07, 6.45) is -2.87. The van der Waals surface area contributed by atoms with Gasteiger partial charge in [-0.15, -0.1) is 11.8 Å². The molecular formula is C11H12F3NO2S. The lowest BCUT2D eigenvalue weighted by Gasteiger charge is -2.17. The summed E-state index contributed by atoms with van der Waals surface area (Å²) >= 11 is 1.51. The Balaban J connectivity index is 2.64. The third-order valence-electron chi connectivity index (χ3n) is 2.29. The van der Waals surface area contributed by atoms with Crippen molar-refractivity contribution in [2.75, 3.05) is 18.1 Å². The van der Waals surface area contributed by atoms with Gasteiger partial charge in [0.15, 0.2) is 5.92 Å². The highest BCUT2D eigenvalue weighted by Crippen LogP contribution is 2.27. The van der Waals surface area contributed by atoms with Crippen LogP contribution >= 0.6 is 11.8 Å². The number of carboxylic acids is 1. The van der Waals surface area contributed by atoms with Gasteiger partial charge < -0.3 is 10.4 Å². The van der Waals surface area contributed by atoms with E-state index in [1.165, 1.54) is 11.8 Å². The zero-order valence-corrected chi connectivity index (χ0v) is 10.3. The molecule has 1 atom stereocenters. The summed E-state index contributed by atoms with van der Waals surface area (Å²) in [6, 6.07) is 6.72. The summed E-state index contributed by atoms with van der Waals surface area (Å²) in [5, 5.41) is 11.0. The fourth-order valence-corrected chi connectivity index (χ4v) is 1.68. The standard InChI is InChI=1S/C11H12F3NO2S/c1-18-8-4-2-7(3-5-8)15-6-9(10(16)17)11(12,13)14/h2-5,9,15H,6H2,1H3,(H,16,17). The minimum Gasteiger partial charge on any atom is -0.481 e. The molecular weight excluding hydrogens is 267 g/mol. The van der Waals surface area contributed by atoms with Crippen molar-refractivity contribution in [1.82, 2.24) is 0 Å². The molecule has 1 aromatic rings. The molecule has 7 heteroatoms. The number of aliphatic carboxylic acids is 1. The number of carbonyl (C=O) groups is 1. The number of benzene rings is 1. The molecule has 0 aliphatic heterocycles. The zero-order valence-electron chi connectivity index (χ0n) is 9.49. The van der Waals surface area contributed by atoms with E-state index in [2.05, 4.69) is 5.32 Å². The first kappa shape index (κ1) is 14.7. The fourth-order valence-electron chi connectivity index (χ4n) is 1.27. The van der Waals surface area contributed by atoms with Gasteiger partial charge in [-0.2, -0.15) is 13.2 Å². The molecule has 0 spiro atoms. The van der Waals surface area contributed by atoms with Crippen LogP contribution in [0, 0.1) is 5.92 Å². The summed E-state index contributed by atoms with van der Waals surface area (Å²) in [5.74, 6) is -4.28. The van der Waals surface area contributed by atoms with Crippen molar-refractivity contribution >= 4 is 23.4 Å². The minimum atomic E-state index is -4.75. The Morgan fingerprint density at radius 2 is 1.94 bits per heavy atom. The summed E-state index contributed by atoms with van der Waals surface area (Å²) in [5.41, 5.74) is 0.461. The quantitative estimate of drug-likeness (QED) is 0.813. The first-order valence-corrected chi connectivity index (χ1v) is 6.24. The van der Waals surface area contributed by atoms with Crippen molar-refractivity contribution in [2.45, 2.75) is 11.1 Å². The number of hydrogen-bond acceptors (Lipinski definition) is 3. The van der Waals surface area contributed by atoms with E-state index in [0.717, 1.165) is 4.90 Å². The third kappa shape index (κ3) is 4.14. The molecule has 3 nitrogen and oxygen atoms in total. The molecule has 0 amide bonds. The Hall–Kier alpha value is -1.37. The van der Waals surface area contributed by atoms with Crippen LogP contribution in [0.2, 0.25) is 0 Å². The number of alkyl halides is 3. The van der Waals surface area contributed by atoms with Crippen molar-refractivity contribution in [1.29, 1.82) is 0 Å². The molecule has 1 rings (SSSR count). The van der Waals surface area contributed by atoms with Gasteiger partial charge in [0.25, 0.3) is 0 Å². The molecule has 0 saturated carbocycles. The van der Waals surface area contributed by atoms with Gasteiger partial charge in [0.1, 0.15) is 0 Å². The van der Waals surface area contributed by atoms with Crippen LogP contribution in [0.25, 0.3) is 0 Å². The van der Waals surface area contributed by atoms with Crippen molar-refractivity contribution in [3.8, 4) is 0 Å². The second kappa shape index (κ2) is 5.99. The zero-order chi connectivity index (χ0) is 13.8. The van der Waals surface area contributed by atoms with Crippen molar-refractivity contribution in [2.24, 2.45) is 5.92 Å². The molecule has 0 saturated heterocycles. The first-order valence-electron chi connectivity index (χ1n) is 5.02. The van der Waals surface area contributed by atoms with Gasteiger partial charge in [0.2, 0.25) is 0 Å². The van der Waals surface area contributed by atoms with Crippen LogP contribution in [0.4, 0.5) is 18.9 Å². The predicted molar refractivity (Wildman–Crippen MR) is 63.9 cm³/mol. The fraction of sp³-hybridized carbons (Fsp3) is 0.364. The second-order valence-electron chi connectivity index (χ2n) is 3.54. The predicted octanol–water partition coefficient (Wildman–Crippen LogP) is 3.08. The molecule has 0 aromatic heterocycles. The van der Waals surface area contributed by atoms with Crippen LogP contribution in [0.3, 0.4) is 0 Å². The Kier molecular flexibility index (Phi) is 4.89.